The van der Waals surface area contributed by atoms with Crippen LogP contribution in [0, 0.1) is 0 Å². The van der Waals surface area contributed by atoms with Gasteiger partial charge in [-0.05, 0) is 38.0 Å². The van der Waals surface area contributed by atoms with E-state index in [4.69, 9.17) is 4.74 Å². The van der Waals surface area contributed by atoms with Crippen molar-refractivity contribution in [3.8, 4) is 0 Å². The summed E-state index contributed by atoms with van der Waals surface area (Å²) in [5.74, 6) is -0.0240. The summed E-state index contributed by atoms with van der Waals surface area (Å²) in [6, 6.07) is 4.73. The van der Waals surface area contributed by atoms with Gasteiger partial charge in [-0.1, -0.05) is 12.8 Å². The van der Waals surface area contributed by atoms with E-state index in [0.717, 1.165) is 37.9 Å². The number of ether oxygens (including phenoxy) is 1. The fourth-order valence-electron chi connectivity index (χ4n) is 2.97. The molecule has 0 unspecified atom stereocenters. The van der Waals surface area contributed by atoms with Crippen LogP contribution in [0.15, 0.2) is 23.0 Å². The molecular weight excluding hydrogens is 308 g/mol. The van der Waals surface area contributed by atoms with E-state index in [2.05, 4.69) is 4.98 Å². The zero-order chi connectivity index (χ0) is 17.1. The lowest BCUT2D eigenvalue weighted by atomic mass is 10.1. The van der Waals surface area contributed by atoms with Gasteiger partial charge in [0, 0.05) is 13.0 Å². The van der Waals surface area contributed by atoms with E-state index in [0.29, 0.717) is 23.0 Å². The molecule has 6 heteroatoms. The Balaban J connectivity index is 2.00. The molecule has 1 aliphatic rings. The molecule has 0 aliphatic carbocycles. The number of carbonyl (C=O) groups is 2. The van der Waals surface area contributed by atoms with Crippen LogP contribution in [0.3, 0.4) is 0 Å². The molecule has 0 fully saturated rings. The smallest absolute Gasteiger partial charge is 0.338 e. The van der Waals surface area contributed by atoms with Crippen LogP contribution in [-0.2, 0) is 22.5 Å². The molecule has 0 saturated carbocycles. The molecule has 2 aromatic rings. The molecule has 0 saturated heterocycles. The third kappa shape index (κ3) is 3.37. The van der Waals surface area contributed by atoms with Crippen LogP contribution < -0.4 is 5.56 Å². The molecule has 0 spiro atoms. The summed E-state index contributed by atoms with van der Waals surface area (Å²) in [6.45, 7) is 1.80. The molecule has 6 nitrogen and oxygen atoms in total. The zero-order valence-electron chi connectivity index (χ0n) is 13.7. The van der Waals surface area contributed by atoms with E-state index in [-0.39, 0.29) is 17.9 Å². The van der Waals surface area contributed by atoms with E-state index >= 15 is 0 Å². The third-order valence-corrected chi connectivity index (χ3v) is 4.21. The van der Waals surface area contributed by atoms with Gasteiger partial charge in [-0.2, -0.15) is 0 Å². The summed E-state index contributed by atoms with van der Waals surface area (Å²) >= 11 is 0. The fourth-order valence-corrected chi connectivity index (χ4v) is 2.97. The highest BCUT2D eigenvalue weighted by atomic mass is 16.5. The molecule has 0 radical (unpaired) electrons. The van der Waals surface area contributed by atoms with Crippen molar-refractivity contribution in [2.45, 2.75) is 45.6 Å². The predicted octanol–water partition coefficient (Wildman–Crippen LogP) is 2.26. The van der Waals surface area contributed by atoms with Crippen molar-refractivity contribution in [1.29, 1.82) is 0 Å². The number of aryl methyl sites for hydroxylation is 1. The van der Waals surface area contributed by atoms with E-state index in [9.17, 15) is 14.4 Å². The minimum absolute atomic E-state index is 0.0550. The number of carbonyl (C=O) groups excluding carboxylic acids is 2. The molecular formula is C18H20N2O4. The van der Waals surface area contributed by atoms with Crippen LogP contribution in [0.1, 0.15) is 48.8 Å². The summed E-state index contributed by atoms with van der Waals surface area (Å²) in [5.41, 5.74) is 0.746. The predicted molar refractivity (Wildman–Crippen MR) is 89.1 cm³/mol. The van der Waals surface area contributed by atoms with Crippen LogP contribution in [0.4, 0.5) is 0 Å². The van der Waals surface area contributed by atoms with Crippen molar-refractivity contribution >= 4 is 22.7 Å². The number of aromatic nitrogens is 2. The minimum atomic E-state index is -0.583. The average molecular weight is 328 g/mol. The van der Waals surface area contributed by atoms with Crippen molar-refractivity contribution < 1.29 is 14.3 Å². The Kier molecular flexibility index (Phi) is 4.74. The second kappa shape index (κ2) is 6.95. The van der Waals surface area contributed by atoms with Gasteiger partial charge in [0.2, 0.25) is 0 Å². The second-order valence-electron chi connectivity index (χ2n) is 6.16. The van der Waals surface area contributed by atoms with Crippen LogP contribution >= 0.6 is 0 Å². The Morgan fingerprint density at radius 2 is 2.00 bits per heavy atom. The van der Waals surface area contributed by atoms with Gasteiger partial charge in [0.05, 0.1) is 16.5 Å². The maximum Gasteiger partial charge on any atom is 0.338 e. The monoisotopic (exact) mass is 328 g/mol. The number of nitrogens with zero attached hydrogens (tertiary/aromatic N) is 2. The fraction of sp³-hybridized carbons (Fsp3) is 0.444. The minimum Gasteiger partial charge on any atom is -0.454 e. The lowest BCUT2D eigenvalue weighted by molar-refractivity contribution is -0.120. The molecule has 1 aromatic carbocycles. The first kappa shape index (κ1) is 16.4. The van der Waals surface area contributed by atoms with Gasteiger partial charge >= 0.3 is 5.97 Å². The SMILES string of the molecule is CC(=O)COC(=O)c1ccc2c(=O)n3c(nc2c1)CCCCCC3. The highest BCUT2D eigenvalue weighted by Crippen LogP contribution is 2.16. The normalized spacial score (nSPS) is 14.5. The van der Waals surface area contributed by atoms with Crippen LogP contribution in [-0.4, -0.2) is 27.9 Å². The zero-order valence-corrected chi connectivity index (χ0v) is 13.7. The van der Waals surface area contributed by atoms with Crippen molar-refractivity contribution in [2.24, 2.45) is 0 Å². The maximum atomic E-state index is 12.7. The van der Waals surface area contributed by atoms with Gasteiger partial charge in [0.1, 0.15) is 12.4 Å². The summed E-state index contributed by atoms with van der Waals surface area (Å²) in [7, 11) is 0. The van der Waals surface area contributed by atoms with Gasteiger partial charge in [-0.15, -0.1) is 0 Å². The number of ketones is 1. The number of esters is 1. The molecule has 24 heavy (non-hydrogen) atoms. The standard InChI is InChI=1S/C18H20N2O4/c1-12(21)11-24-18(23)13-7-8-14-15(10-13)19-16-6-4-2-3-5-9-20(16)17(14)22/h7-8,10H,2-6,9,11H2,1H3. The van der Waals surface area contributed by atoms with Crippen molar-refractivity contribution in [3.63, 3.8) is 0 Å². The quantitative estimate of drug-likeness (QED) is 0.808. The van der Waals surface area contributed by atoms with E-state index < -0.39 is 5.97 Å². The molecule has 126 valence electrons. The molecule has 3 rings (SSSR count). The first-order chi connectivity index (χ1) is 11.6. The summed E-state index contributed by atoms with van der Waals surface area (Å²) < 4.78 is 6.68. The van der Waals surface area contributed by atoms with Crippen molar-refractivity contribution in [1.82, 2.24) is 9.55 Å². The number of hydrogen-bond acceptors (Lipinski definition) is 5. The van der Waals surface area contributed by atoms with E-state index in [1.54, 1.807) is 22.8 Å². The van der Waals surface area contributed by atoms with E-state index in [1.807, 2.05) is 0 Å². The maximum absolute atomic E-state index is 12.7. The number of benzene rings is 1. The molecule has 0 N–H and O–H groups in total. The highest BCUT2D eigenvalue weighted by Gasteiger charge is 2.15. The molecule has 2 heterocycles. The topological polar surface area (TPSA) is 78.3 Å². The van der Waals surface area contributed by atoms with Crippen LogP contribution in [0.5, 0.6) is 0 Å². The number of fused-ring (bicyclic) bond motifs is 2. The third-order valence-electron chi connectivity index (χ3n) is 4.21. The number of Topliss-reactive ketones (excluding diaryl/α,β-unsaturated/α-hetero) is 1. The highest BCUT2D eigenvalue weighted by molar-refractivity contribution is 5.95. The van der Waals surface area contributed by atoms with Gasteiger partial charge < -0.3 is 4.74 Å². The molecule has 1 aliphatic heterocycles. The molecule has 0 bridgehead atoms. The van der Waals surface area contributed by atoms with Gasteiger partial charge in [-0.25, -0.2) is 9.78 Å². The van der Waals surface area contributed by atoms with Crippen molar-refractivity contribution in [3.05, 3.63) is 39.9 Å². The lowest BCUT2D eigenvalue weighted by Gasteiger charge is -2.16. The van der Waals surface area contributed by atoms with Crippen molar-refractivity contribution in [2.75, 3.05) is 6.61 Å². The number of rotatable bonds is 3. The Bertz CT molecular complexity index is 854. The average Bonchev–Trinajstić information content (AvgIpc) is 2.54. The van der Waals surface area contributed by atoms with Crippen LogP contribution in [0.2, 0.25) is 0 Å². The Morgan fingerprint density at radius 1 is 1.21 bits per heavy atom. The Hall–Kier alpha value is -2.50. The summed E-state index contributed by atoms with van der Waals surface area (Å²) in [6.07, 6.45) is 5.04. The number of hydrogen-bond donors (Lipinski definition) is 0. The Labute approximate surface area is 139 Å². The molecule has 0 atom stereocenters. The van der Waals surface area contributed by atoms with Gasteiger partial charge in [0.15, 0.2) is 5.78 Å². The van der Waals surface area contributed by atoms with Gasteiger partial charge in [-0.3, -0.25) is 14.2 Å². The summed E-state index contributed by atoms with van der Waals surface area (Å²) in [5, 5.41) is 0.502. The first-order valence-corrected chi connectivity index (χ1v) is 8.26. The Morgan fingerprint density at radius 3 is 2.79 bits per heavy atom. The van der Waals surface area contributed by atoms with Crippen LogP contribution in [0.25, 0.3) is 10.9 Å². The second-order valence-corrected chi connectivity index (χ2v) is 6.16. The largest absolute Gasteiger partial charge is 0.454 e. The first-order valence-electron chi connectivity index (χ1n) is 8.26. The molecule has 0 amide bonds. The summed E-state index contributed by atoms with van der Waals surface area (Å²) in [4.78, 5) is 40.2. The molecule has 1 aromatic heterocycles. The van der Waals surface area contributed by atoms with Gasteiger partial charge in [0.25, 0.3) is 5.56 Å². The lowest BCUT2D eigenvalue weighted by Crippen LogP contribution is -2.26. The van der Waals surface area contributed by atoms with E-state index in [1.165, 1.54) is 6.92 Å².